The van der Waals surface area contributed by atoms with Crippen molar-refractivity contribution in [2.45, 2.75) is 26.2 Å². The normalized spacial score (nSPS) is 11.6. The Morgan fingerprint density at radius 1 is 0.765 bits per heavy atom. The Morgan fingerprint density at radius 2 is 1.29 bits per heavy atom. The number of ketones is 2. The summed E-state index contributed by atoms with van der Waals surface area (Å²) in [6, 6.07) is 4.88. The Bertz CT molecular complexity index is 1050. The zero-order valence-electron chi connectivity index (χ0n) is 20.9. The first-order chi connectivity index (χ1) is 16.3. The number of methoxy groups -OCH3 is 6. The van der Waals surface area contributed by atoms with Crippen LogP contribution in [0, 0.1) is 0 Å². The lowest BCUT2D eigenvalue weighted by Gasteiger charge is -2.23. The Morgan fingerprint density at radius 3 is 1.74 bits per heavy atom. The van der Waals surface area contributed by atoms with E-state index in [4.69, 9.17) is 28.4 Å². The molecule has 184 valence electrons. The number of benzene rings is 2. The minimum Gasteiger partial charge on any atom is -0.496 e. The molecule has 0 radical (unpaired) electrons. The minimum absolute atomic E-state index is 0.0648. The number of rotatable bonds is 12. The van der Waals surface area contributed by atoms with E-state index < -0.39 is 5.92 Å². The fraction of sp³-hybridized carbons (Fsp3) is 0.385. The molecule has 8 nitrogen and oxygen atoms in total. The molecule has 0 amide bonds. The zero-order chi connectivity index (χ0) is 25.4. The molecule has 2 rings (SSSR count). The molecular weight excluding hydrogens is 440 g/mol. The van der Waals surface area contributed by atoms with Crippen molar-refractivity contribution in [3.05, 3.63) is 47.0 Å². The van der Waals surface area contributed by atoms with Gasteiger partial charge in [0.05, 0.1) is 42.7 Å². The van der Waals surface area contributed by atoms with Gasteiger partial charge in [-0.05, 0) is 18.9 Å². The SMILES string of the molecule is C/C=C/C(=O)c1c(OC)cc(OC)c(C(C)CC(=O)c2c(OC)cc(OC)cc2OC)c1OC. The molecule has 0 heterocycles. The first-order valence-corrected chi connectivity index (χ1v) is 10.6. The number of carbonyl (C=O) groups excluding carboxylic acids is 2. The zero-order valence-corrected chi connectivity index (χ0v) is 20.9. The molecule has 0 aliphatic carbocycles. The molecule has 8 heteroatoms. The van der Waals surface area contributed by atoms with Crippen LogP contribution in [0.1, 0.15) is 52.5 Å². The average molecular weight is 473 g/mol. The van der Waals surface area contributed by atoms with Crippen LogP contribution in [0.25, 0.3) is 0 Å². The van der Waals surface area contributed by atoms with Crippen LogP contribution in [0.2, 0.25) is 0 Å². The summed E-state index contributed by atoms with van der Waals surface area (Å²) >= 11 is 0. The lowest BCUT2D eigenvalue weighted by molar-refractivity contribution is 0.0968. The first kappa shape index (κ1) is 26.6. The molecule has 0 aromatic heterocycles. The van der Waals surface area contributed by atoms with E-state index >= 15 is 0 Å². The minimum atomic E-state index is -0.392. The highest BCUT2D eigenvalue weighted by atomic mass is 16.5. The third kappa shape index (κ3) is 5.27. The number of hydrogen-bond acceptors (Lipinski definition) is 8. The van der Waals surface area contributed by atoms with Crippen molar-refractivity contribution < 1.29 is 38.0 Å². The first-order valence-electron chi connectivity index (χ1n) is 10.6. The second-order valence-electron chi connectivity index (χ2n) is 7.40. The molecule has 2 aromatic carbocycles. The Kier molecular flexibility index (Phi) is 9.36. The fourth-order valence-corrected chi connectivity index (χ4v) is 3.87. The lowest BCUT2D eigenvalue weighted by Crippen LogP contribution is -2.13. The van der Waals surface area contributed by atoms with Crippen LogP contribution in [0.15, 0.2) is 30.4 Å². The Balaban J connectivity index is 2.62. The van der Waals surface area contributed by atoms with Gasteiger partial charge >= 0.3 is 0 Å². The average Bonchev–Trinajstić information content (AvgIpc) is 2.85. The van der Waals surface area contributed by atoms with Crippen molar-refractivity contribution in [1.29, 1.82) is 0 Å². The van der Waals surface area contributed by atoms with Crippen LogP contribution in [-0.4, -0.2) is 54.2 Å². The third-order valence-corrected chi connectivity index (χ3v) is 5.43. The van der Waals surface area contributed by atoms with Gasteiger partial charge in [0.15, 0.2) is 11.6 Å². The summed E-state index contributed by atoms with van der Waals surface area (Å²) in [5.74, 6) is 1.35. The molecule has 0 saturated heterocycles. The molecule has 34 heavy (non-hydrogen) atoms. The molecule has 0 N–H and O–H groups in total. The van der Waals surface area contributed by atoms with Gasteiger partial charge in [0, 0.05) is 30.2 Å². The predicted octanol–water partition coefficient (Wildman–Crippen LogP) is 4.87. The van der Waals surface area contributed by atoms with Gasteiger partial charge in [-0.3, -0.25) is 9.59 Å². The van der Waals surface area contributed by atoms with Crippen molar-refractivity contribution in [3.8, 4) is 34.5 Å². The maximum absolute atomic E-state index is 13.4. The molecule has 2 aromatic rings. The van der Waals surface area contributed by atoms with Crippen LogP contribution in [0.4, 0.5) is 0 Å². The van der Waals surface area contributed by atoms with Gasteiger partial charge in [-0.1, -0.05) is 13.0 Å². The van der Waals surface area contributed by atoms with Crippen molar-refractivity contribution in [2.75, 3.05) is 42.7 Å². The highest BCUT2D eigenvalue weighted by molar-refractivity contribution is 6.09. The summed E-state index contributed by atoms with van der Waals surface area (Å²) < 4.78 is 32.8. The number of hydrogen-bond donors (Lipinski definition) is 0. The summed E-state index contributed by atoms with van der Waals surface area (Å²) in [6.07, 6.45) is 3.13. The molecule has 0 saturated carbocycles. The fourth-order valence-electron chi connectivity index (χ4n) is 3.87. The maximum Gasteiger partial charge on any atom is 0.193 e. The number of carbonyl (C=O) groups is 2. The predicted molar refractivity (Wildman–Crippen MR) is 129 cm³/mol. The van der Waals surface area contributed by atoms with Crippen LogP contribution in [0.5, 0.6) is 34.5 Å². The molecule has 0 fully saturated rings. The van der Waals surface area contributed by atoms with Crippen LogP contribution < -0.4 is 28.4 Å². The molecule has 0 spiro atoms. The molecule has 0 bridgehead atoms. The monoisotopic (exact) mass is 472 g/mol. The van der Waals surface area contributed by atoms with Crippen LogP contribution in [0.3, 0.4) is 0 Å². The van der Waals surface area contributed by atoms with E-state index in [-0.39, 0.29) is 23.6 Å². The van der Waals surface area contributed by atoms with Crippen molar-refractivity contribution in [1.82, 2.24) is 0 Å². The van der Waals surface area contributed by atoms with Crippen molar-refractivity contribution >= 4 is 11.6 Å². The maximum atomic E-state index is 13.4. The van der Waals surface area contributed by atoms with E-state index in [0.717, 1.165) is 0 Å². The lowest BCUT2D eigenvalue weighted by atomic mass is 9.88. The topological polar surface area (TPSA) is 89.5 Å². The smallest absolute Gasteiger partial charge is 0.193 e. The molecule has 1 atom stereocenters. The molecular formula is C26H32O8. The summed E-state index contributed by atoms with van der Waals surface area (Å²) in [7, 11) is 8.91. The quantitative estimate of drug-likeness (QED) is 0.319. The number of allylic oxidation sites excluding steroid dienone is 2. The van der Waals surface area contributed by atoms with Gasteiger partial charge < -0.3 is 28.4 Å². The van der Waals surface area contributed by atoms with Gasteiger partial charge in [-0.2, -0.15) is 0 Å². The van der Waals surface area contributed by atoms with E-state index in [1.54, 1.807) is 31.2 Å². The standard InChI is InChI=1S/C26H32O8/c1-9-10-17(27)25-22(33-7)14-21(32-6)23(26(25)34-8)15(2)11-18(28)24-19(30-4)12-16(29-3)13-20(24)31-5/h9-10,12-15H,11H2,1-8H3/b10-9+. The van der Waals surface area contributed by atoms with E-state index in [2.05, 4.69) is 0 Å². The van der Waals surface area contributed by atoms with E-state index in [0.29, 0.717) is 45.6 Å². The Labute approximate surface area is 200 Å². The summed E-state index contributed by atoms with van der Waals surface area (Å²) in [6.45, 7) is 3.61. The van der Waals surface area contributed by atoms with Gasteiger partial charge in [0.2, 0.25) is 0 Å². The largest absolute Gasteiger partial charge is 0.496 e. The molecule has 0 aliphatic heterocycles. The number of ether oxygens (including phenoxy) is 6. The van der Waals surface area contributed by atoms with Crippen LogP contribution >= 0.6 is 0 Å². The number of Topliss-reactive ketones (excluding diaryl/α,β-unsaturated/α-hetero) is 1. The van der Waals surface area contributed by atoms with Crippen LogP contribution in [-0.2, 0) is 0 Å². The highest BCUT2D eigenvalue weighted by Crippen LogP contribution is 2.45. The van der Waals surface area contributed by atoms with E-state index in [1.807, 2.05) is 6.92 Å². The van der Waals surface area contributed by atoms with Gasteiger partial charge in [0.25, 0.3) is 0 Å². The summed E-state index contributed by atoms with van der Waals surface area (Å²) in [5.41, 5.74) is 1.14. The second-order valence-corrected chi connectivity index (χ2v) is 7.40. The Hall–Kier alpha value is -3.68. The second kappa shape index (κ2) is 12.0. The van der Waals surface area contributed by atoms with E-state index in [9.17, 15) is 9.59 Å². The van der Waals surface area contributed by atoms with Gasteiger partial charge in [-0.15, -0.1) is 0 Å². The summed E-state index contributed by atoms with van der Waals surface area (Å²) in [5, 5.41) is 0. The summed E-state index contributed by atoms with van der Waals surface area (Å²) in [4.78, 5) is 26.3. The van der Waals surface area contributed by atoms with Gasteiger partial charge in [-0.25, -0.2) is 0 Å². The molecule has 1 unspecified atom stereocenters. The van der Waals surface area contributed by atoms with Crippen molar-refractivity contribution in [2.24, 2.45) is 0 Å². The van der Waals surface area contributed by atoms with E-state index in [1.165, 1.54) is 48.7 Å². The van der Waals surface area contributed by atoms with Gasteiger partial charge in [0.1, 0.15) is 45.6 Å². The third-order valence-electron chi connectivity index (χ3n) is 5.43. The highest BCUT2D eigenvalue weighted by Gasteiger charge is 2.30. The van der Waals surface area contributed by atoms with Crippen molar-refractivity contribution in [3.63, 3.8) is 0 Å². The molecule has 0 aliphatic rings.